The molecule has 1 aromatic heterocycles. The van der Waals surface area contributed by atoms with E-state index < -0.39 is 0 Å². The Morgan fingerprint density at radius 3 is 2.76 bits per heavy atom. The maximum Gasteiger partial charge on any atom is 0.254 e. The Balaban J connectivity index is 1.66. The molecule has 1 aromatic carbocycles. The molecule has 0 aliphatic carbocycles. The van der Waals surface area contributed by atoms with Crippen molar-refractivity contribution in [1.29, 1.82) is 0 Å². The van der Waals surface area contributed by atoms with Crippen LogP contribution in [0.1, 0.15) is 10.4 Å². The molecular formula is C18H21N3O3S. The molecule has 1 aliphatic heterocycles. The van der Waals surface area contributed by atoms with E-state index in [4.69, 9.17) is 9.47 Å². The molecule has 0 saturated carbocycles. The topological polar surface area (TPSA) is 54.9 Å². The molecule has 1 amide bonds. The van der Waals surface area contributed by atoms with Crippen LogP contribution in [0.2, 0.25) is 0 Å². The van der Waals surface area contributed by atoms with E-state index in [2.05, 4.69) is 16.5 Å². The molecular weight excluding hydrogens is 338 g/mol. The zero-order chi connectivity index (χ0) is 17.6. The van der Waals surface area contributed by atoms with E-state index in [1.807, 2.05) is 10.3 Å². The maximum absolute atomic E-state index is 12.8. The van der Waals surface area contributed by atoms with Crippen LogP contribution in [0.25, 0.3) is 0 Å². The van der Waals surface area contributed by atoms with E-state index in [1.54, 1.807) is 48.9 Å². The van der Waals surface area contributed by atoms with Gasteiger partial charge in [0.1, 0.15) is 6.61 Å². The Hall–Kier alpha value is -2.54. The van der Waals surface area contributed by atoms with Crippen molar-refractivity contribution in [1.82, 2.24) is 9.88 Å². The van der Waals surface area contributed by atoms with Crippen molar-refractivity contribution in [2.45, 2.75) is 0 Å². The van der Waals surface area contributed by atoms with Gasteiger partial charge in [0.25, 0.3) is 5.91 Å². The zero-order valence-corrected chi connectivity index (χ0v) is 15.0. The summed E-state index contributed by atoms with van der Waals surface area (Å²) in [5, 5.41) is 2.98. The largest absolute Gasteiger partial charge is 0.493 e. The number of thiazole rings is 1. The Kier molecular flexibility index (Phi) is 5.55. The lowest BCUT2D eigenvalue weighted by atomic mass is 10.1. The van der Waals surface area contributed by atoms with E-state index in [0.717, 1.165) is 18.2 Å². The maximum atomic E-state index is 12.8. The molecule has 132 valence electrons. The Bertz CT molecular complexity index is 725. The molecule has 0 atom stereocenters. The lowest BCUT2D eigenvalue weighted by Gasteiger charge is -2.34. The number of rotatable bonds is 6. The molecule has 0 unspecified atom stereocenters. The summed E-state index contributed by atoms with van der Waals surface area (Å²) in [6.07, 6.45) is 3.47. The molecule has 1 saturated heterocycles. The van der Waals surface area contributed by atoms with E-state index in [0.29, 0.717) is 36.8 Å². The molecule has 6 nitrogen and oxygen atoms in total. The number of ether oxygens (including phenoxy) is 2. The number of piperazine rings is 1. The molecule has 1 aliphatic rings. The Labute approximate surface area is 151 Å². The van der Waals surface area contributed by atoms with E-state index in [1.165, 1.54) is 0 Å². The second-order valence-electron chi connectivity index (χ2n) is 5.56. The van der Waals surface area contributed by atoms with Gasteiger partial charge in [-0.25, -0.2) is 4.98 Å². The van der Waals surface area contributed by atoms with Gasteiger partial charge in [-0.3, -0.25) is 4.79 Å². The summed E-state index contributed by atoms with van der Waals surface area (Å²) < 4.78 is 10.9. The molecule has 2 heterocycles. The Morgan fingerprint density at radius 2 is 2.12 bits per heavy atom. The van der Waals surface area contributed by atoms with Crippen molar-refractivity contribution in [3.8, 4) is 11.5 Å². The van der Waals surface area contributed by atoms with Crippen LogP contribution in [0.3, 0.4) is 0 Å². The van der Waals surface area contributed by atoms with Crippen molar-refractivity contribution < 1.29 is 14.3 Å². The van der Waals surface area contributed by atoms with Gasteiger partial charge in [0.15, 0.2) is 16.6 Å². The Morgan fingerprint density at radius 1 is 1.32 bits per heavy atom. The van der Waals surface area contributed by atoms with Crippen LogP contribution in [0.15, 0.2) is 42.4 Å². The van der Waals surface area contributed by atoms with Gasteiger partial charge < -0.3 is 19.3 Å². The lowest BCUT2D eigenvalue weighted by molar-refractivity contribution is 0.0746. The zero-order valence-electron chi connectivity index (χ0n) is 14.2. The highest BCUT2D eigenvalue weighted by molar-refractivity contribution is 7.13. The van der Waals surface area contributed by atoms with Crippen molar-refractivity contribution in [3.63, 3.8) is 0 Å². The number of aromatic nitrogens is 1. The summed E-state index contributed by atoms with van der Waals surface area (Å²) in [6.45, 7) is 6.95. The smallest absolute Gasteiger partial charge is 0.254 e. The van der Waals surface area contributed by atoms with Crippen LogP contribution in [0.4, 0.5) is 5.13 Å². The highest BCUT2D eigenvalue weighted by Crippen LogP contribution is 2.29. The number of amides is 1. The minimum absolute atomic E-state index is 0.00681. The monoisotopic (exact) mass is 359 g/mol. The first-order valence-corrected chi connectivity index (χ1v) is 8.96. The second kappa shape index (κ2) is 8.02. The highest BCUT2D eigenvalue weighted by Gasteiger charge is 2.24. The fourth-order valence-corrected chi connectivity index (χ4v) is 3.42. The number of nitrogens with zero attached hydrogens (tertiary/aromatic N) is 3. The van der Waals surface area contributed by atoms with Crippen LogP contribution >= 0.6 is 11.3 Å². The molecule has 7 heteroatoms. The van der Waals surface area contributed by atoms with Crippen LogP contribution < -0.4 is 14.4 Å². The third kappa shape index (κ3) is 3.93. The van der Waals surface area contributed by atoms with Crippen molar-refractivity contribution >= 4 is 22.4 Å². The number of hydrogen-bond acceptors (Lipinski definition) is 6. The predicted octanol–water partition coefficient (Wildman–Crippen LogP) is 2.68. The molecule has 0 bridgehead atoms. The SMILES string of the molecule is C=CCOc1ccc(C(=O)N2CCN(c3nccs3)CC2)cc1OC. The van der Waals surface area contributed by atoms with Crippen LogP contribution in [-0.4, -0.2) is 55.7 Å². The number of hydrogen-bond donors (Lipinski definition) is 0. The molecule has 0 radical (unpaired) electrons. The molecule has 3 rings (SSSR count). The summed E-state index contributed by atoms with van der Waals surface area (Å²) in [7, 11) is 1.57. The van der Waals surface area contributed by atoms with Gasteiger partial charge in [-0.2, -0.15) is 0 Å². The van der Waals surface area contributed by atoms with Crippen LogP contribution in [0, 0.1) is 0 Å². The number of carbonyl (C=O) groups excluding carboxylic acids is 1. The van der Waals surface area contributed by atoms with Gasteiger partial charge in [0.2, 0.25) is 0 Å². The van der Waals surface area contributed by atoms with Crippen LogP contribution in [-0.2, 0) is 0 Å². The summed E-state index contributed by atoms with van der Waals surface area (Å²) in [6, 6.07) is 5.27. The fraction of sp³-hybridized carbons (Fsp3) is 0.333. The average molecular weight is 359 g/mol. The number of carbonyl (C=O) groups is 1. The molecule has 0 spiro atoms. The predicted molar refractivity (Wildman–Crippen MR) is 98.9 cm³/mol. The molecule has 2 aromatic rings. The number of anilines is 1. The van der Waals surface area contributed by atoms with Gasteiger partial charge in [-0.05, 0) is 18.2 Å². The minimum atomic E-state index is 0.00681. The van der Waals surface area contributed by atoms with Crippen molar-refractivity contribution in [2.24, 2.45) is 0 Å². The summed E-state index contributed by atoms with van der Waals surface area (Å²) in [5.74, 6) is 1.16. The normalized spacial score (nSPS) is 14.3. The van der Waals surface area contributed by atoms with E-state index in [9.17, 15) is 4.79 Å². The first-order chi connectivity index (χ1) is 12.2. The van der Waals surface area contributed by atoms with E-state index >= 15 is 0 Å². The van der Waals surface area contributed by atoms with Gasteiger partial charge >= 0.3 is 0 Å². The molecule has 25 heavy (non-hydrogen) atoms. The second-order valence-corrected chi connectivity index (χ2v) is 6.43. The summed E-state index contributed by atoms with van der Waals surface area (Å²) in [5.41, 5.74) is 0.602. The van der Waals surface area contributed by atoms with Crippen LogP contribution in [0.5, 0.6) is 11.5 Å². The standard InChI is InChI=1S/C18H21N3O3S/c1-3-11-24-15-5-4-14(13-16(15)23-2)17(22)20-7-9-21(10-8-20)18-19-6-12-25-18/h3-6,12-13H,1,7-11H2,2H3. The first kappa shape index (κ1) is 17.3. The summed E-state index contributed by atoms with van der Waals surface area (Å²) >= 11 is 1.62. The third-order valence-corrected chi connectivity index (χ3v) is 4.86. The minimum Gasteiger partial charge on any atom is -0.493 e. The highest BCUT2D eigenvalue weighted by atomic mass is 32.1. The van der Waals surface area contributed by atoms with Crippen molar-refractivity contribution in [3.05, 3.63) is 48.0 Å². The van der Waals surface area contributed by atoms with Gasteiger partial charge in [-0.15, -0.1) is 11.3 Å². The number of methoxy groups -OCH3 is 1. The van der Waals surface area contributed by atoms with E-state index in [-0.39, 0.29) is 5.91 Å². The fourth-order valence-electron chi connectivity index (χ4n) is 2.72. The van der Waals surface area contributed by atoms with Gasteiger partial charge in [-0.1, -0.05) is 12.7 Å². The quantitative estimate of drug-likeness (QED) is 0.742. The van der Waals surface area contributed by atoms with Gasteiger partial charge in [0.05, 0.1) is 7.11 Å². The van der Waals surface area contributed by atoms with Crippen molar-refractivity contribution in [2.75, 3.05) is 44.8 Å². The summed E-state index contributed by atoms with van der Waals surface area (Å²) in [4.78, 5) is 21.2. The third-order valence-electron chi connectivity index (χ3n) is 4.02. The molecule has 1 fully saturated rings. The first-order valence-electron chi connectivity index (χ1n) is 8.08. The molecule has 0 N–H and O–H groups in total. The van der Waals surface area contributed by atoms with Gasteiger partial charge in [0, 0.05) is 43.3 Å². The number of benzene rings is 1. The lowest BCUT2D eigenvalue weighted by Crippen LogP contribution is -2.48. The average Bonchev–Trinajstić information content (AvgIpc) is 3.20.